The fourth-order valence-corrected chi connectivity index (χ4v) is 2.78. The van der Waals surface area contributed by atoms with E-state index in [0.717, 1.165) is 17.0 Å². The second kappa shape index (κ2) is 6.88. The number of carbonyl (C=O) groups is 1. The van der Waals surface area contributed by atoms with E-state index in [4.69, 9.17) is 0 Å². The molecule has 0 spiro atoms. The minimum atomic E-state index is -0.229. The average molecular weight is 342 g/mol. The first-order valence-electron chi connectivity index (χ1n) is 7.56. The molecule has 0 aliphatic rings. The number of carbonyl (C=O) groups excluding carboxylic acids is 1. The second-order valence-corrected chi connectivity index (χ2v) is 6.17. The van der Waals surface area contributed by atoms with Crippen LogP contribution in [0.1, 0.15) is 38.7 Å². The number of aromatic nitrogens is 5. The van der Waals surface area contributed by atoms with Crippen molar-refractivity contribution in [3.63, 3.8) is 0 Å². The molecule has 0 fully saturated rings. The highest BCUT2D eigenvalue weighted by atomic mass is 32.1. The minimum absolute atomic E-state index is 0.229. The first-order valence-corrected chi connectivity index (χ1v) is 8.29. The number of benzene rings is 1. The highest BCUT2D eigenvalue weighted by Gasteiger charge is 2.17. The Morgan fingerprint density at radius 1 is 1.17 bits per heavy atom. The van der Waals surface area contributed by atoms with E-state index in [2.05, 4.69) is 24.4 Å². The lowest BCUT2D eigenvalue weighted by atomic mass is 10.1. The van der Waals surface area contributed by atoms with E-state index in [1.165, 1.54) is 17.3 Å². The van der Waals surface area contributed by atoms with E-state index in [-0.39, 0.29) is 5.91 Å². The van der Waals surface area contributed by atoms with Gasteiger partial charge in [0.25, 0.3) is 5.91 Å². The quantitative estimate of drug-likeness (QED) is 0.767. The molecule has 0 atom stereocenters. The van der Waals surface area contributed by atoms with Gasteiger partial charge >= 0.3 is 0 Å². The number of rotatable bonds is 5. The van der Waals surface area contributed by atoms with Crippen LogP contribution >= 0.6 is 11.7 Å². The van der Waals surface area contributed by atoms with Gasteiger partial charge in [0.05, 0.1) is 35.4 Å². The van der Waals surface area contributed by atoms with Gasteiger partial charge in [-0.25, -0.2) is 4.68 Å². The van der Waals surface area contributed by atoms with Crippen LogP contribution in [0.3, 0.4) is 0 Å². The summed E-state index contributed by atoms with van der Waals surface area (Å²) in [6.07, 6.45) is 0. The summed E-state index contributed by atoms with van der Waals surface area (Å²) in [6.45, 7) is 6.69. The molecule has 7 nitrogen and oxygen atoms in total. The second-order valence-electron chi connectivity index (χ2n) is 5.65. The van der Waals surface area contributed by atoms with Crippen LogP contribution in [0, 0.1) is 20.8 Å². The third kappa shape index (κ3) is 3.48. The van der Waals surface area contributed by atoms with E-state index in [0.29, 0.717) is 24.5 Å². The molecule has 1 aromatic carbocycles. The zero-order chi connectivity index (χ0) is 17.1. The number of hydrogen-bond acceptors (Lipinski definition) is 6. The molecule has 0 saturated carbocycles. The molecule has 124 valence electrons. The van der Waals surface area contributed by atoms with Crippen molar-refractivity contribution < 1.29 is 4.79 Å². The summed E-state index contributed by atoms with van der Waals surface area (Å²) in [7, 11) is 0. The maximum absolute atomic E-state index is 12.3. The molecule has 0 aliphatic heterocycles. The number of nitrogens with zero attached hydrogens (tertiary/aromatic N) is 5. The lowest BCUT2D eigenvalue weighted by Crippen LogP contribution is -2.24. The molecule has 24 heavy (non-hydrogen) atoms. The largest absolute Gasteiger partial charge is 0.347 e. The minimum Gasteiger partial charge on any atom is -0.347 e. The van der Waals surface area contributed by atoms with Crippen LogP contribution in [-0.2, 0) is 13.1 Å². The molecular weight excluding hydrogens is 324 g/mol. The number of hydrogen-bond donors (Lipinski definition) is 1. The molecular formula is C16H18N6OS. The Balaban J connectivity index is 1.67. The smallest absolute Gasteiger partial charge is 0.274 e. The van der Waals surface area contributed by atoms with Crippen LogP contribution in [0.4, 0.5) is 0 Å². The summed E-state index contributed by atoms with van der Waals surface area (Å²) >= 11 is 1.17. The highest BCUT2D eigenvalue weighted by Crippen LogP contribution is 2.10. The molecule has 3 rings (SSSR count). The lowest BCUT2D eigenvalue weighted by molar-refractivity contribution is 0.0945. The van der Waals surface area contributed by atoms with Crippen LogP contribution in [0.25, 0.3) is 0 Å². The molecule has 2 aromatic heterocycles. The van der Waals surface area contributed by atoms with Gasteiger partial charge in [-0.1, -0.05) is 35.0 Å². The summed E-state index contributed by atoms with van der Waals surface area (Å²) in [5, 5.41) is 10.9. The predicted octanol–water partition coefficient (Wildman–Crippen LogP) is 2.03. The standard InChI is InChI=1S/C16H18N6OS/c1-10-4-6-13(7-5-10)8-17-16(23)15-12(3)22(21-18-15)9-14-11(2)19-24-20-14/h4-7H,8-9H2,1-3H3,(H,17,23). The molecule has 0 bridgehead atoms. The van der Waals surface area contributed by atoms with E-state index in [9.17, 15) is 4.79 Å². The normalized spacial score (nSPS) is 10.8. The number of amides is 1. The van der Waals surface area contributed by atoms with Gasteiger partial charge < -0.3 is 5.32 Å². The fraction of sp³-hybridized carbons (Fsp3) is 0.312. The van der Waals surface area contributed by atoms with E-state index in [1.807, 2.05) is 45.0 Å². The van der Waals surface area contributed by atoms with Crippen molar-refractivity contribution in [2.24, 2.45) is 0 Å². The van der Waals surface area contributed by atoms with Crippen molar-refractivity contribution in [1.29, 1.82) is 0 Å². The first kappa shape index (κ1) is 16.3. The molecule has 0 saturated heterocycles. The number of aryl methyl sites for hydroxylation is 2. The Hall–Kier alpha value is -2.61. The van der Waals surface area contributed by atoms with E-state index < -0.39 is 0 Å². The molecule has 0 aliphatic carbocycles. The SMILES string of the molecule is Cc1ccc(CNC(=O)c2nnn(Cc3nsnc3C)c2C)cc1. The van der Waals surface area contributed by atoms with Crippen LogP contribution in [-0.4, -0.2) is 29.6 Å². The zero-order valence-corrected chi connectivity index (χ0v) is 14.6. The Morgan fingerprint density at radius 2 is 1.92 bits per heavy atom. The van der Waals surface area contributed by atoms with Gasteiger partial charge in [-0.2, -0.15) is 8.75 Å². The lowest BCUT2D eigenvalue weighted by Gasteiger charge is -2.05. The Labute approximate surface area is 144 Å². The Bertz CT molecular complexity index is 852. The third-order valence-corrected chi connectivity index (χ3v) is 4.47. The predicted molar refractivity (Wildman–Crippen MR) is 90.9 cm³/mol. The molecule has 0 radical (unpaired) electrons. The summed E-state index contributed by atoms with van der Waals surface area (Å²) < 4.78 is 10.0. The molecule has 1 N–H and O–H groups in total. The van der Waals surface area contributed by atoms with Crippen LogP contribution < -0.4 is 5.32 Å². The van der Waals surface area contributed by atoms with Crippen molar-refractivity contribution >= 4 is 17.6 Å². The van der Waals surface area contributed by atoms with Crippen molar-refractivity contribution in [3.8, 4) is 0 Å². The summed E-state index contributed by atoms with van der Waals surface area (Å²) in [4.78, 5) is 12.3. The van der Waals surface area contributed by atoms with Crippen molar-refractivity contribution in [2.75, 3.05) is 0 Å². The summed E-state index contributed by atoms with van der Waals surface area (Å²) in [6, 6.07) is 8.04. The first-order chi connectivity index (χ1) is 11.5. The molecule has 2 heterocycles. The van der Waals surface area contributed by atoms with Gasteiger partial charge in [-0.3, -0.25) is 4.79 Å². The monoisotopic (exact) mass is 342 g/mol. The average Bonchev–Trinajstić information content (AvgIpc) is 3.14. The van der Waals surface area contributed by atoms with E-state index in [1.54, 1.807) is 4.68 Å². The Morgan fingerprint density at radius 3 is 2.58 bits per heavy atom. The molecule has 0 unspecified atom stereocenters. The van der Waals surface area contributed by atoms with Gasteiger partial charge in [0.15, 0.2) is 5.69 Å². The topological polar surface area (TPSA) is 85.6 Å². The summed E-state index contributed by atoms with van der Waals surface area (Å²) in [5.74, 6) is -0.229. The van der Waals surface area contributed by atoms with Crippen molar-refractivity contribution in [2.45, 2.75) is 33.9 Å². The summed E-state index contributed by atoms with van der Waals surface area (Å²) in [5.41, 5.74) is 5.01. The maximum atomic E-state index is 12.3. The van der Waals surface area contributed by atoms with E-state index >= 15 is 0 Å². The van der Waals surface area contributed by atoms with Gasteiger partial charge in [0.2, 0.25) is 0 Å². The maximum Gasteiger partial charge on any atom is 0.274 e. The van der Waals surface area contributed by atoms with Crippen molar-refractivity contribution in [1.82, 2.24) is 29.1 Å². The van der Waals surface area contributed by atoms with Gasteiger partial charge in [0, 0.05) is 6.54 Å². The van der Waals surface area contributed by atoms with Crippen LogP contribution in [0.15, 0.2) is 24.3 Å². The van der Waals surface area contributed by atoms with Crippen LogP contribution in [0.5, 0.6) is 0 Å². The molecule has 3 aromatic rings. The Kier molecular flexibility index (Phi) is 4.66. The third-order valence-electron chi connectivity index (χ3n) is 3.82. The molecule has 8 heteroatoms. The number of nitrogens with one attached hydrogen (secondary N) is 1. The fourth-order valence-electron chi connectivity index (χ4n) is 2.23. The van der Waals surface area contributed by atoms with Gasteiger partial charge in [0.1, 0.15) is 0 Å². The highest BCUT2D eigenvalue weighted by molar-refractivity contribution is 6.99. The van der Waals surface area contributed by atoms with Gasteiger partial charge in [-0.15, -0.1) is 5.10 Å². The van der Waals surface area contributed by atoms with Crippen molar-refractivity contribution in [3.05, 3.63) is 58.2 Å². The van der Waals surface area contributed by atoms with Crippen LogP contribution in [0.2, 0.25) is 0 Å². The molecule has 1 amide bonds. The zero-order valence-electron chi connectivity index (χ0n) is 13.8. The van der Waals surface area contributed by atoms with Gasteiger partial charge in [-0.05, 0) is 26.3 Å².